The van der Waals surface area contributed by atoms with Gasteiger partial charge in [-0.2, -0.15) is 0 Å². The van der Waals surface area contributed by atoms with Gasteiger partial charge in [0, 0.05) is 39.0 Å². The van der Waals surface area contributed by atoms with E-state index in [2.05, 4.69) is 10.3 Å². The second-order valence-corrected chi connectivity index (χ2v) is 4.57. The third-order valence-corrected chi connectivity index (χ3v) is 3.22. The van der Waals surface area contributed by atoms with Crippen molar-refractivity contribution in [3.8, 4) is 11.5 Å². The lowest BCUT2D eigenvalue weighted by molar-refractivity contribution is 0.354. The fourth-order valence-electron chi connectivity index (χ4n) is 2.06. The molecule has 5 heteroatoms. The van der Waals surface area contributed by atoms with Gasteiger partial charge in [-0.05, 0) is 17.7 Å². The van der Waals surface area contributed by atoms with E-state index >= 15 is 0 Å². The van der Waals surface area contributed by atoms with Crippen LogP contribution in [0.1, 0.15) is 11.4 Å². The van der Waals surface area contributed by atoms with Crippen LogP contribution < -0.4 is 14.8 Å². The second kappa shape index (κ2) is 6.96. The third-order valence-electron chi connectivity index (χ3n) is 3.22. The minimum Gasteiger partial charge on any atom is -0.493 e. The van der Waals surface area contributed by atoms with Crippen LogP contribution in [0.25, 0.3) is 0 Å². The molecule has 20 heavy (non-hydrogen) atoms. The van der Waals surface area contributed by atoms with Gasteiger partial charge in [0.1, 0.15) is 5.82 Å². The van der Waals surface area contributed by atoms with Crippen molar-refractivity contribution in [1.82, 2.24) is 14.9 Å². The van der Waals surface area contributed by atoms with E-state index in [9.17, 15) is 0 Å². The number of imidazole rings is 1. The third kappa shape index (κ3) is 3.51. The van der Waals surface area contributed by atoms with Gasteiger partial charge in [0.2, 0.25) is 0 Å². The number of hydrogen-bond acceptors (Lipinski definition) is 4. The Morgan fingerprint density at radius 1 is 1.20 bits per heavy atom. The van der Waals surface area contributed by atoms with Gasteiger partial charge in [0.15, 0.2) is 11.5 Å². The maximum Gasteiger partial charge on any atom is 0.161 e. The number of nitrogens with zero attached hydrogens (tertiary/aromatic N) is 2. The Bertz CT molecular complexity index is 552. The molecule has 0 aliphatic rings. The predicted molar refractivity (Wildman–Crippen MR) is 78.2 cm³/mol. The molecule has 0 amide bonds. The topological polar surface area (TPSA) is 48.3 Å². The molecule has 108 valence electrons. The molecule has 0 aliphatic carbocycles. The molecule has 5 nitrogen and oxygen atoms in total. The average molecular weight is 275 g/mol. The molecule has 2 rings (SSSR count). The van der Waals surface area contributed by atoms with Gasteiger partial charge in [0.25, 0.3) is 0 Å². The van der Waals surface area contributed by atoms with E-state index in [0.29, 0.717) is 0 Å². The molecule has 0 atom stereocenters. The molecular weight excluding hydrogens is 254 g/mol. The summed E-state index contributed by atoms with van der Waals surface area (Å²) in [5.74, 6) is 2.60. The Labute approximate surface area is 119 Å². The van der Waals surface area contributed by atoms with Gasteiger partial charge in [-0.3, -0.25) is 0 Å². The van der Waals surface area contributed by atoms with Crippen molar-refractivity contribution in [2.24, 2.45) is 7.05 Å². The number of nitrogens with one attached hydrogen (secondary N) is 1. The summed E-state index contributed by atoms with van der Waals surface area (Å²) < 4.78 is 12.6. The Balaban J connectivity index is 1.83. The average Bonchev–Trinajstić information content (AvgIpc) is 2.88. The van der Waals surface area contributed by atoms with Gasteiger partial charge >= 0.3 is 0 Å². The number of hydrogen-bond donors (Lipinski definition) is 1. The van der Waals surface area contributed by atoms with Crippen molar-refractivity contribution in [2.75, 3.05) is 20.8 Å². The molecule has 0 saturated carbocycles. The molecule has 0 fully saturated rings. The molecule has 0 aliphatic heterocycles. The van der Waals surface area contributed by atoms with Crippen molar-refractivity contribution in [3.63, 3.8) is 0 Å². The lowest BCUT2D eigenvalue weighted by atomic mass is 10.2. The van der Waals surface area contributed by atoms with Gasteiger partial charge < -0.3 is 19.4 Å². The van der Waals surface area contributed by atoms with Gasteiger partial charge in [0.05, 0.1) is 14.2 Å². The van der Waals surface area contributed by atoms with Gasteiger partial charge in [-0.25, -0.2) is 4.98 Å². The molecule has 2 aromatic rings. The van der Waals surface area contributed by atoms with Crippen molar-refractivity contribution >= 4 is 0 Å². The molecule has 1 aromatic heterocycles. The monoisotopic (exact) mass is 275 g/mol. The molecule has 1 aromatic carbocycles. The molecular formula is C15H21N3O2. The first-order valence-corrected chi connectivity index (χ1v) is 6.62. The zero-order chi connectivity index (χ0) is 14.4. The number of methoxy groups -OCH3 is 2. The van der Waals surface area contributed by atoms with Crippen LogP contribution >= 0.6 is 0 Å². The molecule has 0 bridgehead atoms. The van der Waals surface area contributed by atoms with Crippen LogP contribution in [0.15, 0.2) is 30.6 Å². The van der Waals surface area contributed by atoms with Crippen LogP contribution in [0, 0.1) is 0 Å². The normalized spacial score (nSPS) is 10.6. The quantitative estimate of drug-likeness (QED) is 0.782. The SMILES string of the molecule is COc1ccc(CNCCc2nccn2C)cc1OC. The Morgan fingerprint density at radius 3 is 2.65 bits per heavy atom. The van der Waals surface area contributed by atoms with E-state index in [0.717, 1.165) is 36.8 Å². The highest BCUT2D eigenvalue weighted by Crippen LogP contribution is 2.27. The molecule has 0 radical (unpaired) electrons. The summed E-state index contributed by atoms with van der Waals surface area (Å²) in [4.78, 5) is 4.30. The zero-order valence-electron chi connectivity index (χ0n) is 12.2. The smallest absolute Gasteiger partial charge is 0.161 e. The minimum absolute atomic E-state index is 0.754. The van der Waals surface area contributed by atoms with Crippen LogP contribution in [0.2, 0.25) is 0 Å². The zero-order valence-corrected chi connectivity index (χ0v) is 12.2. The van der Waals surface area contributed by atoms with Crippen LogP contribution in [0.4, 0.5) is 0 Å². The number of aromatic nitrogens is 2. The minimum atomic E-state index is 0.754. The Kier molecular flexibility index (Phi) is 5.01. The predicted octanol–water partition coefficient (Wildman–Crippen LogP) is 1.77. The summed E-state index contributed by atoms with van der Waals surface area (Å²) in [6.45, 7) is 1.68. The first kappa shape index (κ1) is 14.4. The standard InChI is InChI=1S/C15H21N3O2/c1-18-9-8-17-15(18)6-7-16-11-12-4-5-13(19-2)14(10-12)20-3/h4-5,8-10,16H,6-7,11H2,1-3H3. The van der Waals surface area contributed by atoms with Gasteiger partial charge in [-0.15, -0.1) is 0 Å². The van der Waals surface area contributed by atoms with E-state index in [4.69, 9.17) is 9.47 Å². The largest absolute Gasteiger partial charge is 0.493 e. The summed E-state index contributed by atoms with van der Waals surface area (Å²) in [5.41, 5.74) is 1.17. The van der Waals surface area contributed by atoms with Crippen molar-refractivity contribution in [3.05, 3.63) is 42.0 Å². The number of benzene rings is 1. The van der Waals surface area contributed by atoms with E-state index in [-0.39, 0.29) is 0 Å². The molecule has 0 unspecified atom stereocenters. The fraction of sp³-hybridized carbons (Fsp3) is 0.400. The molecule has 0 saturated heterocycles. The summed E-state index contributed by atoms with van der Waals surface area (Å²) in [5, 5.41) is 3.41. The Hall–Kier alpha value is -2.01. The van der Waals surface area contributed by atoms with E-state index < -0.39 is 0 Å². The van der Waals surface area contributed by atoms with Crippen molar-refractivity contribution in [1.29, 1.82) is 0 Å². The highest BCUT2D eigenvalue weighted by atomic mass is 16.5. The second-order valence-electron chi connectivity index (χ2n) is 4.57. The lowest BCUT2D eigenvalue weighted by Gasteiger charge is -2.10. The van der Waals surface area contributed by atoms with Crippen LogP contribution in [-0.2, 0) is 20.0 Å². The van der Waals surface area contributed by atoms with E-state index in [1.54, 1.807) is 14.2 Å². The maximum atomic E-state index is 5.29. The number of aryl methyl sites for hydroxylation is 1. The van der Waals surface area contributed by atoms with Crippen molar-refractivity contribution < 1.29 is 9.47 Å². The van der Waals surface area contributed by atoms with Crippen LogP contribution in [0.5, 0.6) is 11.5 Å². The van der Waals surface area contributed by atoms with Gasteiger partial charge in [-0.1, -0.05) is 6.07 Å². The Morgan fingerprint density at radius 2 is 2.00 bits per heavy atom. The van der Waals surface area contributed by atoms with E-state index in [1.807, 2.05) is 42.2 Å². The first-order valence-electron chi connectivity index (χ1n) is 6.62. The fourth-order valence-corrected chi connectivity index (χ4v) is 2.06. The van der Waals surface area contributed by atoms with Crippen molar-refractivity contribution in [2.45, 2.75) is 13.0 Å². The highest BCUT2D eigenvalue weighted by Gasteiger charge is 2.04. The highest BCUT2D eigenvalue weighted by molar-refractivity contribution is 5.42. The molecule has 0 spiro atoms. The number of ether oxygens (including phenoxy) is 2. The maximum absolute atomic E-state index is 5.29. The number of rotatable bonds is 7. The van der Waals surface area contributed by atoms with E-state index in [1.165, 1.54) is 5.56 Å². The summed E-state index contributed by atoms with van der Waals surface area (Å²) in [7, 11) is 5.30. The summed E-state index contributed by atoms with van der Waals surface area (Å²) in [6.07, 6.45) is 4.70. The van der Waals surface area contributed by atoms with Crippen LogP contribution in [-0.4, -0.2) is 30.3 Å². The molecule has 1 heterocycles. The molecule has 1 N–H and O–H groups in total. The summed E-state index contributed by atoms with van der Waals surface area (Å²) in [6, 6.07) is 5.95. The first-order chi connectivity index (χ1) is 9.74. The van der Waals surface area contributed by atoms with Crippen LogP contribution in [0.3, 0.4) is 0 Å². The lowest BCUT2D eigenvalue weighted by Crippen LogP contribution is -2.18. The summed E-state index contributed by atoms with van der Waals surface area (Å²) >= 11 is 0.